The lowest BCUT2D eigenvalue weighted by Crippen LogP contribution is -2.01. The number of hydrogen-bond donors (Lipinski definition) is 2. The second-order valence-corrected chi connectivity index (χ2v) is 5.63. The van der Waals surface area contributed by atoms with E-state index in [1.807, 2.05) is 22.6 Å². The second kappa shape index (κ2) is 5.44. The molecule has 21 heavy (non-hydrogen) atoms. The Labute approximate surface area is 133 Å². The van der Waals surface area contributed by atoms with Gasteiger partial charge in [0.25, 0.3) is 0 Å². The summed E-state index contributed by atoms with van der Waals surface area (Å²) in [5.41, 5.74) is 7.41. The number of hydrogen-bond acceptors (Lipinski definition) is 3. The molecule has 0 aliphatic carbocycles. The SMILES string of the molecule is Nc1cc(F)c(Nc2ccc(F)cc2I)c2ncccc12. The summed E-state index contributed by atoms with van der Waals surface area (Å²) in [7, 11) is 0. The van der Waals surface area contributed by atoms with E-state index >= 15 is 0 Å². The fourth-order valence-corrected chi connectivity index (χ4v) is 2.69. The zero-order valence-corrected chi connectivity index (χ0v) is 12.9. The van der Waals surface area contributed by atoms with Gasteiger partial charge in [0.15, 0.2) is 5.82 Å². The van der Waals surface area contributed by atoms with Crippen LogP contribution in [-0.4, -0.2) is 4.98 Å². The first kappa shape index (κ1) is 14.0. The highest BCUT2D eigenvalue weighted by molar-refractivity contribution is 14.1. The summed E-state index contributed by atoms with van der Waals surface area (Å²) in [6, 6.07) is 9.01. The lowest BCUT2D eigenvalue weighted by molar-refractivity contribution is 0.627. The topological polar surface area (TPSA) is 50.9 Å². The number of nitrogens with two attached hydrogens (primary N) is 1. The molecule has 0 aliphatic heterocycles. The molecule has 0 saturated carbocycles. The summed E-state index contributed by atoms with van der Waals surface area (Å²) in [6.45, 7) is 0. The Hall–Kier alpha value is -1.96. The molecule has 3 nitrogen and oxygen atoms in total. The van der Waals surface area contributed by atoms with Gasteiger partial charge >= 0.3 is 0 Å². The Balaban J connectivity index is 2.16. The van der Waals surface area contributed by atoms with Crippen molar-refractivity contribution in [2.75, 3.05) is 11.1 Å². The molecule has 3 N–H and O–H groups in total. The highest BCUT2D eigenvalue weighted by atomic mass is 127. The number of halogens is 3. The predicted octanol–water partition coefficient (Wildman–Crippen LogP) is 4.44. The maximum atomic E-state index is 14.2. The van der Waals surface area contributed by atoms with Crippen LogP contribution in [0.5, 0.6) is 0 Å². The number of anilines is 3. The highest BCUT2D eigenvalue weighted by Gasteiger charge is 2.13. The van der Waals surface area contributed by atoms with Crippen LogP contribution in [0.15, 0.2) is 42.6 Å². The van der Waals surface area contributed by atoms with Crippen LogP contribution in [0.1, 0.15) is 0 Å². The number of pyridine rings is 1. The third kappa shape index (κ3) is 2.63. The quantitative estimate of drug-likeness (QED) is 0.497. The lowest BCUT2D eigenvalue weighted by Gasteiger charge is -2.13. The van der Waals surface area contributed by atoms with Gasteiger partial charge in [-0.2, -0.15) is 0 Å². The second-order valence-electron chi connectivity index (χ2n) is 4.47. The molecule has 0 radical (unpaired) electrons. The predicted molar refractivity (Wildman–Crippen MR) is 88.5 cm³/mol. The minimum atomic E-state index is -0.501. The summed E-state index contributed by atoms with van der Waals surface area (Å²) in [5.74, 6) is -0.843. The van der Waals surface area contributed by atoms with Gasteiger partial charge in [0.1, 0.15) is 11.5 Å². The molecule has 3 aromatic rings. The minimum Gasteiger partial charge on any atom is -0.398 e. The molecule has 0 fully saturated rings. The zero-order valence-electron chi connectivity index (χ0n) is 10.7. The fraction of sp³-hybridized carbons (Fsp3) is 0. The Kier molecular flexibility index (Phi) is 3.62. The van der Waals surface area contributed by atoms with Gasteiger partial charge in [-0.1, -0.05) is 0 Å². The molecular weight excluding hydrogens is 387 g/mol. The summed E-state index contributed by atoms with van der Waals surface area (Å²) >= 11 is 1.98. The number of nitrogen functional groups attached to an aromatic ring is 1. The van der Waals surface area contributed by atoms with E-state index in [-0.39, 0.29) is 11.5 Å². The maximum Gasteiger partial charge on any atom is 0.150 e. The van der Waals surface area contributed by atoms with Crippen molar-refractivity contribution in [3.05, 3.63) is 57.8 Å². The van der Waals surface area contributed by atoms with Crippen molar-refractivity contribution < 1.29 is 8.78 Å². The average molecular weight is 397 g/mol. The van der Waals surface area contributed by atoms with Gasteiger partial charge < -0.3 is 11.1 Å². The lowest BCUT2D eigenvalue weighted by atomic mass is 10.1. The molecule has 0 unspecified atom stereocenters. The van der Waals surface area contributed by atoms with Gasteiger partial charge in [0.2, 0.25) is 0 Å². The van der Waals surface area contributed by atoms with E-state index in [0.29, 0.717) is 25.8 Å². The largest absolute Gasteiger partial charge is 0.398 e. The number of fused-ring (bicyclic) bond motifs is 1. The number of nitrogens with one attached hydrogen (secondary N) is 1. The van der Waals surface area contributed by atoms with Gasteiger partial charge in [0.05, 0.1) is 11.2 Å². The number of rotatable bonds is 2. The highest BCUT2D eigenvalue weighted by Crippen LogP contribution is 2.33. The van der Waals surface area contributed by atoms with Crippen LogP contribution < -0.4 is 11.1 Å². The van der Waals surface area contributed by atoms with Crippen LogP contribution >= 0.6 is 22.6 Å². The number of aromatic nitrogens is 1. The van der Waals surface area contributed by atoms with Gasteiger partial charge in [-0.3, -0.25) is 4.98 Å². The van der Waals surface area contributed by atoms with Crippen LogP contribution in [0, 0.1) is 15.2 Å². The van der Waals surface area contributed by atoms with E-state index in [9.17, 15) is 8.78 Å². The summed E-state index contributed by atoms with van der Waals surface area (Å²) in [6.07, 6.45) is 1.57. The molecule has 106 valence electrons. The molecule has 0 saturated heterocycles. The van der Waals surface area contributed by atoms with Crippen LogP contribution in [0.25, 0.3) is 10.9 Å². The Morgan fingerprint density at radius 3 is 2.71 bits per heavy atom. The first-order valence-corrected chi connectivity index (χ1v) is 7.19. The summed E-state index contributed by atoms with van der Waals surface area (Å²) in [4.78, 5) is 4.19. The monoisotopic (exact) mass is 397 g/mol. The van der Waals surface area contributed by atoms with Crippen molar-refractivity contribution in [2.45, 2.75) is 0 Å². The molecule has 0 bridgehead atoms. The standard InChI is InChI=1S/C15H10F2IN3/c16-8-3-4-13(11(18)6-8)21-15-10(17)7-12(19)9-2-1-5-20-14(9)15/h1-7,21H,19H2. The molecule has 0 aliphatic rings. The van der Waals surface area contributed by atoms with Gasteiger partial charge in [-0.25, -0.2) is 8.78 Å². The molecule has 0 atom stereocenters. The maximum absolute atomic E-state index is 14.2. The first-order valence-electron chi connectivity index (χ1n) is 6.11. The molecule has 0 amide bonds. The molecule has 1 aromatic heterocycles. The Morgan fingerprint density at radius 1 is 1.14 bits per heavy atom. The van der Waals surface area contributed by atoms with E-state index in [4.69, 9.17) is 5.73 Å². The Bertz CT molecular complexity index is 837. The van der Waals surface area contributed by atoms with E-state index in [2.05, 4.69) is 10.3 Å². The minimum absolute atomic E-state index is 0.226. The number of nitrogens with zero attached hydrogens (tertiary/aromatic N) is 1. The summed E-state index contributed by atoms with van der Waals surface area (Å²) < 4.78 is 28.0. The smallest absolute Gasteiger partial charge is 0.150 e. The van der Waals surface area contributed by atoms with Crippen molar-refractivity contribution in [3.8, 4) is 0 Å². The van der Waals surface area contributed by atoms with Gasteiger partial charge in [0, 0.05) is 20.8 Å². The molecule has 6 heteroatoms. The van der Waals surface area contributed by atoms with Crippen LogP contribution in [-0.2, 0) is 0 Å². The van der Waals surface area contributed by atoms with E-state index in [1.165, 1.54) is 18.2 Å². The first-order chi connectivity index (χ1) is 10.1. The fourth-order valence-electron chi connectivity index (χ4n) is 2.08. The van der Waals surface area contributed by atoms with Gasteiger partial charge in [-0.15, -0.1) is 0 Å². The van der Waals surface area contributed by atoms with Crippen molar-refractivity contribution in [2.24, 2.45) is 0 Å². The third-order valence-electron chi connectivity index (χ3n) is 3.07. The van der Waals surface area contributed by atoms with Crippen molar-refractivity contribution in [1.82, 2.24) is 4.98 Å². The van der Waals surface area contributed by atoms with Crippen LogP contribution in [0.3, 0.4) is 0 Å². The molecular formula is C15H10F2IN3. The number of benzene rings is 2. The normalized spacial score (nSPS) is 10.8. The third-order valence-corrected chi connectivity index (χ3v) is 3.96. The van der Waals surface area contributed by atoms with Crippen molar-refractivity contribution in [3.63, 3.8) is 0 Å². The van der Waals surface area contributed by atoms with E-state index in [1.54, 1.807) is 24.4 Å². The van der Waals surface area contributed by atoms with Crippen LogP contribution in [0.4, 0.5) is 25.8 Å². The van der Waals surface area contributed by atoms with Crippen molar-refractivity contribution >= 4 is 50.6 Å². The molecule has 3 rings (SSSR count). The zero-order chi connectivity index (χ0) is 15.0. The Morgan fingerprint density at radius 2 is 1.95 bits per heavy atom. The van der Waals surface area contributed by atoms with E-state index < -0.39 is 5.82 Å². The molecule has 2 aromatic carbocycles. The van der Waals surface area contributed by atoms with Crippen LogP contribution in [0.2, 0.25) is 0 Å². The van der Waals surface area contributed by atoms with E-state index in [0.717, 1.165) is 0 Å². The summed E-state index contributed by atoms with van der Waals surface area (Å²) in [5, 5.41) is 3.64. The van der Waals surface area contributed by atoms with Crippen molar-refractivity contribution in [1.29, 1.82) is 0 Å². The molecule has 1 heterocycles. The molecule has 0 spiro atoms. The average Bonchev–Trinajstić information content (AvgIpc) is 2.45. The van der Waals surface area contributed by atoms with Gasteiger partial charge in [-0.05, 0) is 59.0 Å².